The minimum atomic E-state index is -0.820. The number of aromatic nitrogens is 4. The zero-order chi connectivity index (χ0) is 22.4. The van der Waals surface area contributed by atoms with E-state index in [1.807, 2.05) is 6.07 Å². The molecular weight excluding hydrogens is 438 g/mol. The first-order valence-electron chi connectivity index (χ1n) is 9.65. The summed E-state index contributed by atoms with van der Waals surface area (Å²) in [5.41, 5.74) is 6.36. The number of aromatic amines is 2. The largest absolute Gasteiger partial charge is 0.364 e. The van der Waals surface area contributed by atoms with Gasteiger partial charge in [0.25, 0.3) is 11.8 Å². The number of nitrogens with two attached hydrogens (primary N) is 1. The van der Waals surface area contributed by atoms with Gasteiger partial charge in [-0.05, 0) is 18.6 Å². The van der Waals surface area contributed by atoms with Crippen molar-refractivity contribution >= 4 is 46.4 Å². The molecule has 162 valence electrons. The van der Waals surface area contributed by atoms with Crippen LogP contribution in [0.5, 0.6) is 0 Å². The number of benzene rings is 1. The first kappa shape index (κ1) is 22.4. The highest BCUT2D eigenvalue weighted by Gasteiger charge is 2.27. The molecule has 1 atom stereocenters. The summed E-state index contributed by atoms with van der Waals surface area (Å²) in [6.45, 7) is 2.08. The lowest BCUT2D eigenvalue weighted by Gasteiger charge is -2.20. The van der Waals surface area contributed by atoms with E-state index in [-0.39, 0.29) is 27.6 Å². The number of nitrogens with one attached hydrogen (secondary N) is 4. The minimum Gasteiger partial charge on any atom is -0.364 e. The summed E-state index contributed by atoms with van der Waals surface area (Å²) < 4.78 is 0. The van der Waals surface area contributed by atoms with Crippen molar-refractivity contribution in [1.82, 2.24) is 25.3 Å². The molecule has 0 aliphatic heterocycles. The van der Waals surface area contributed by atoms with Crippen molar-refractivity contribution < 1.29 is 9.59 Å². The number of thiocarbonyl (C=S) groups is 1. The molecule has 6 N–H and O–H groups in total. The van der Waals surface area contributed by atoms with Crippen LogP contribution in [-0.2, 0) is 6.42 Å². The number of primary amides is 1. The first-order chi connectivity index (χ1) is 14.9. The molecule has 0 fully saturated rings. The zero-order valence-electron chi connectivity index (χ0n) is 16.7. The van der Waals surface area contributed by atoms with Crippen LogP contribution in [0.3, 0.4) is 0 Å². The van der Waals surface area contributed by atoms with E-state index in [4.69, 9.17) is 29.6 Å². The van der Waals surface area contributed by atoms with E-state index in [1.54, 1.807) is 24.3 Å². The Hall–Kier alpha value is -3.24. The van der Waals surface area contributed by atoms with Crippen molar-refractivity contribution in [2.45, 2.75) is 32.2 Å². The van der Waals surface area contributed by atoms with Crippen LogP contribution in [-0.4, -0.2) is 36.7 Å². The molecular formula is C20H22ClN7O2S. The summed E-state index contributed by atoms with van der Waals surface area (Å²) in [5.74, 6) is -0.202. The molecule has 2 amide bonds. The molecule has 3 rings (SSSR count). The molecule has 0 radical (unpaired) electrons. The molecule has 0 aliphatic carbocycles. The number of amides is 2. The zero-order valence-corrected chi connectivity index (χ0v) is 18.3. The van der Waals surface area contributed by atoms with Gasteiger partial charge in [0.1, 0.15) is 22.5 Å². The summed E-state index contributed by atoms with van der Waals surface area (Å²) in [4.78, 5) is 38.7. The fraction of sp³-hybridized carbons (Fsp3) is 0.250. The number of aryl methyl sites for hydroxylation is 1. The van der Waals surface area contributed by atoms with Gasteiger partial charge in [-0.3, -0.25) is 9.59 Å². The molecule has 31 heavy (non-hydrogen) atoms. The predicted octanol–water partition coefficient (Wildman–Crippen LogP) is 3.14. The first-order valence-corrected chi connectivity index (χ1v) is 10.4. The van der Waals surface area contributed by atoms with Crippen LogP contribution in [0.1, 0.15) is 58.2 Å². The summed E-state index contributed by atoms with van der Waals surface area (Å²) >= 11 is 11.9. The molecule has 0 saturated carbocycles. The Labute approximate surface area is 189 Å². The molecule has 11 heteroatoms. The normalized spacial score (nSPS) is 11.7. The Morgan fingerprint density at radius 1 is 1.29 bits per heavy atom. The maximum absolute atomic E-state index is 12.6. The highest BCUT2D eigenvalue weighted by molar-refractivity contribution is 7.80. The van der Waals surface area contributed by atoms with Crippen molar-refractivity contribution in [3.05, 3.63) is 64.6 Å². The monoisotopic (exact) mass is 459 g/mol. The van der Waals surface area contributed by atoms with Crippen molar-refractivity contribution in [3.63, 3.8) is 0 Å². The highest BCUT2D eigenvalue weighted by Crippen LogP contribution is 2.26. The lowest BCUT2D eigenvalue weighted by Crippen LogP contribution is -2.37. The van der Waals surface area contributed by atoms with Crippen molar-refractivity contribution in [3.8, 4) is 0 Å². The Morgan fingerprint density at radius 3 is 2.71 bits per heavy atom. The van der Waals surface area contributed by atoms with Gasteiger partial charge < -0.3 is 26.3 Å². The van der Waals surface area contributed by atoms with Crippen LogP contribution in [0.4, 0.5) is 5.82 Å². The van der Waals surface area contributed by atoms with Gasteiger partial charge >= 0.3 is 0 Å². The smallest absolute Gasteiger partial charge is 0.269 e. The summed E-state index contributed by atoms with van der Waals surface area (Å²) in [7, 11) is 0. The average Bonchev–Trinajstić information content (AvgIpc) is 3.37. The Morgan fingerprint density at radius 2 is 2.03 bits per heavy atom. The van der Waals surface area contributed by atoms with Crippen LogP contribution in [0.25, 0.3) is 0 Å². The lowest BCUT2D eigenvalue weighted by atomic mass is 10.1. The maximum atomic E-state index is 12.6. The molecule has 0 bridgehead atoms. The third kappa shape index (κ3) is 5.47. The SMILES string of the molecule is CCCCc1nc(Cl)c(C(Nc2nc[nH]c2C(N)=O)C(=S)NC(=O)c2ccccc2)[nH]1. The molecule has 0 saturated heterocycles. The number of anilines is 1. The number of halogens is 1. The second-order valence-corrected chi connectivity index (χ2v) is 7.54. The number of carbonyl (C=O) groups excluding carboxylic acids is 2. The molecule has 3 aromatic rings. The minimum absolute atomic E-state index is 0.0732. The topological polar surface area (TPSA) is 142 Å². The number of rotatable bonds is 9. The van der Waals surface area contributed by atoms with E-state index < -0.39 is 11.9 Å². The number of hydrogen-bond acceptors (Lipinski definition) is 6. The van der Waals surface area contributed by atoms with E-state index >= 15 is 0 Å². The van der Waals surface area contributed by atoms with Gasteiger partial charge in [0.05, 0.1) is 12.0 Å². The third-order valence-corrected chi connectivity index (χ3v) is 5.12. The fourth-order valence-electron chi connectivity index (χ4n) is 2.91. The summed E-state index contributed by atoms with van der Waals surface area (Å²) in [5, 5.41) is 5.95. The lowest BCUT2D eigenvalue weighted by molar-refractivity contribution is 0.0973. The van der Waals surface area contributed by atoms with Crippen LogP contribution < -0.4 is 16.4 Å². The third-order valence-electron chi connectivity index (χ3n) is 4.49. The number of nitrogens with zero attached hydrogens (tertiary/aromatic N) is 2. The van der Waals surface area contributed by atoms with E-state index in [0.717, 1.165) is 12.8 Å². The van der Waals surface area contributed by atoms with Crippen molar-refractivity contribution in [2.24, 2.45) is 5.73 Å². The van der Waals surface area contributed by atoms with Gasteiger partial charge in [0, 0.05) is 12.0 Å². The Bertz CT molecular complexity index is 1080. The number of hydrogen-bond donors (Lipinski definition) is 5. The molecule has 2 heterocycles. The molecule has 0 spiro atoms. The second kappa shape index (κ2) is 10.2. The number of carbonyl (C=O) groups is 2. The maximum Gasteiger partial charge on any atom is 0.269 e. The number of unbranched alkanes of at least 4 members (excludes halogenated alkanes) is 1. The Kier molecular flexibility index (Phi) is 7.37. The van der Waals surface area contributed by atoms with Gasteiger partial charge in [0.2, 0.25) is 0 Å². The van der Waals surface area contributed by atoms with Crippen LogP contribution >= 0.6 is 23.8 Å². The van der Waals surface area contributed by atoms with Crippen LogP contribution in [0, 0.1) is 0 Å². The van der Waals surface area contributed by atoms with E-state index in [1.165, 1.54) is 6.33 Å². The quantitative estimate of drug-likeness (QED) is 0.311. The number of imidazole rings is 2. The summed E-state index contributed by atoms with van der Waals surface area (Å²) in [6.07, 6.45) is 3.96. The van der Waals surface area contributed by atoms with Crippen molar-refractivity contribution in [2.75, 3.05) is 5.32 Å². The van der Waals surface area contributed by atoms with Gasteiger partial charge in [-0.1, -0.05) is 55.4 Å². The number of H-pyrrole nitrogens is 2. The van der Waals surface area contributed by atoms with Crippen molar-refractivity contribution in [1.29, 1.82) is 0 Å². The molecule has 2 aromatic heterocycles. The van der Waals surface area contributed by atoms with E-state index in [9.17, 15) is 9.59 Å². The predicted molar refractivity (Wildman–Crippen MR) is 122 cm³/mol. The molecule has 1 unspecified atom stereocenters. The standard InChI is InChI=1S/C20H22ClN7O2S/c1-2-3-9-12-25-13(16(21)26-12)14(27-18-15(17(22)29)23-10-24-18)20(31)28-19(30)11-7-5-4-6-8-11/h4-8,10,14,27H,2-3,9H2,1H3,(H2,22,29)(H,23,24)(H,25,26)(H,28,30,31). The fourth-order valence-corrected chi connectivity index (χ4v) is 3.44. The van der Waals surface area contributed by atoms with Gasteiger partial charge in [0.15, 0.2) is 11.0 Å². The highest BCUT2D eigenvalue weighted by atomic mass is 35.5. The molecule has 1 aromatic carbocycles. The van der Waals surface area contributed by atoms with Crippen LogP contribution in [0.2, 0.25) is 5.15 Å². The van der Waals surface area contributed by atoms with Gasteiger partial charge in [-0.15, -0.1) is 0 Å². The van der Waals surface area contributed by atoms with E-state index in [0.29, 0.717) is 23.5 Å². The summed E-state index contributed by atoms with van der Waals surface area (Å²) in [6, 6.07) is 7.84. The van der Waals surface area contributed by atoms with E-state index in [2.05, 4.69) is 37.5 Å². The van der Waals surface area contributed by atoms with Gasteiger partial charge in [-0.25, -0.2) is 9.97 Å². The average molecular weight is 460 g/mol. The molecule has 9 nitrogen and oxygen atoms in total. The van der Waals surface area contributed by atoms with Gasteiger partial charge in [-0.2, -0.15) is 0 Å². The second-order valence-electron chi connectivity index (χ2n) is 6.74. The van der Waals surface area contributed by atoms with Crippen LogP contribution in [0.15, 0.2) is 36.7 Å². The Balaban J connectivity index is 1.91. The molecule has 0 aliphatic rings.